The Morgan fingerprint density at radius 2 is 1.87 bits per heavy atom. The Bertz CT molecular complexity index is 448. The molecule has 0 atom stereocenters. The average molecular weight is 201 g/mol. The molecule has 0 saturated carbocycles. The molecule has 2 heteroatoms. The van der Waals surface area contributed by atoms with E-state index in [-0.39, 0.29) is 5.82 Å². The molecule has 0 unspecified atom stereocenters. The van der Waals surface area contributed by atoms with Crippen molar-refractivity contribution in [3.63, 3.8) is 0 Å². The van der Waals surface area contributed by atoms with Crippen LogP contribution in [0.5, 0.6) is 0 Å². The molecule has 0 aliphatic rings. The molecule has 0 saturated heterocycles. The minimum Gasteiger partial charge on any atom is -0.264 e. The smallest absolute Gasteiger partial charge is 0.123 e. The summed E-state index contributed by atoms with van der Waals surface area (Å²) in [6.07, 6.45) is 4.56. The lowest BCUT2D eigenvalue weighted by Gasteiger charge is -2.06. The molecule has 76 valence electrons. The van der Waals surface area contributed by atoms with Crippen LogP contribution in [-0.2, 0) is 6.42 Å². The number of hydrogen-bond donors (Lipinski definition) is 0. The Morgan fingerprint density at radius 1 is 1.13 bits per heavy atom. The molecule has 15 heavy (non-hydrogen) atoms. The van der Waals surface area contributed by atoms with Crippen molar-refractivity contribution in [2.24, 2.45) is 0 Å². The van der Waals surface area contributed by atoms with E-state index in [1.807, 2.05) is 12.3 Å². The van der Waals surface area contributed by atoms with Gasteiger partial charge in [-0.25, -0.2) is 4.39 Å². The third kappa shape index (κ3) is 2.04. The summed E-state index contributed by atoms with van der Waals surface area (Å²) in [5.74, 6) is -0.208. The number of halogens is 1. The number of hydrogen-bond acceptors (Lipinski definition) is 1. The SMILES string of the molecule is CCc1ccncc1-c1ccc(F)cc1. The molecule has 0 spiro atoms. The van der Waals surface area contributed by atoms with Gasteiger partial charge in [-0.1, -0.05) is 19.1 Å². The number of nitrogens with zero attached hydrogens (tertiary/aromatic N) is 1. The summed E-state index contributed by atoms with van der Waals surface area (Å²) in [7, 11) is 0. The number of aryl methyl sites for hydroxylation is 1. The molecular formula is C13H12FN. The number of benzene rings is 1. The Morgan fingerprint density at radius 3 is 2.53 bits per heavy atom. The van der Waals surface area contributed by atoms with Gasteiger partial charge in [-0.2, -0.15) is 0 Å². The molecule has 2 rings (SSSR count). The second-order valence-corrected chi connectivity index (χ2v) is 3.39. The van der Waals surface area contributed by atoms with Gasteiger partial charge in [0.1, 0.15) is 5.82 Å². The van der Waals surface area contributed by atoms with Gasteiger partial charge in [0.2, 0.25) is 0 Å². The van der Waals surface area contributed by atoms with E-state index in [4.69, 9.17) is 0 Å². The van der Waals surface area contributed by atoms with Crippen LogP contribution in [0.1, 0.15) is 12.5 Å². The van der Waals surface area contributed by atoms with Crippen molar-refractivity contribution in [3.05, 3.63) is 54.1 Å². The lowest BCUT2D eigenvalue weighted by molar-refractivity contribution is 0.628. The van der Waals surface area contributed by atoms with E-state index in [0.29, 0.717) is 0 Å². The first-order chi connectivity index (χ1) is 7.31. The quantitative estimate of drug-likeness (QED) is 0.725. The van der Waals surface area contributed by atoms with E-state index in [0.717, 1.165) is 17.5 Å². The normalized spacial score (nSPS) is 10.3. The fourth-order valence-corrected chi connectivity index (χ4v) is 1.62. The average Bonchev–Trinajstić information content (AvgIpc) is 2.30. The summed E-state index contributed by atoms with van der Waals surface area (Å²) in [6, 6.07) is 8.51. The summed E-state index contributed by atoms with van der Waals surface area (Å²) in [5.41, 5.74) is 3.33. The van der Waals surface area contributed by atoms with E-state index in [1.54, 1.807) is 18.3 Å². The highest BCUT2D eigenvalue weighted by molar-refractivity contribution is 5.66. The first kappa shape index (κ1) is 9.84. The number of aromatic nitrogens is 1. The van der Waals surface area contributed by atoms with Gasteiger partial charge in [0.05, 0.1) is 0 Å². The Kier molecular flexibility index (Phi) is 2.77. The molecule has 0 radical (unpaired) electrons. The maximum Gasteiger partial charge on any atom is 0.123 e. The molecule has 0 amide bonds. The number of pyridine rings is 1. The molecule has 1 aromatic heterocycles. The van der Waals surface area contributed by atoms with Crippen molar-refractivity contribution in [1.82, 2.24) is 4.98 Å². The van der Waals surface area contributed by atoms with Crippen LogP contribution in [0.3, 0.4) is 0 Å². The highest BCUT2D eigenvalue weighted by Crippen LogP contribution is 2.23. The highest BCUT2D eigenvalue weighted by atomic mass is 19.1. The Labute approximate surface area is 88.6 Å². The monoisotopic (exact) mass is 201 g/mol. The first-order valence-electron chi connectivity index (χ1n) is 5.00. The molecule has 2 aromatic rings. The van der Waals surface area contributed by atoms with Gasteiger partial charge in [0.25, 0.3) is 0 Å². The summed E-state index contributed by atoms with van der Waals surface area (Å²) in [4.78, 5) is 4.10. The van der Waals surface area contributed by atoms with Crippen molar-refractivity contribution < 1.29 is 4.39 Å². The van der Waals surface area contributed by atoms with Gasteiger partial charge < -0.3 is 0 Å². The largest absolute Gasteiger partial charge is 0.264 e. The van der Waals surface area contributed by atoms with Gasteiger partial charge >= 0.3 is 0 Å². The third-order valence-electron chi connectivity index (χ3n) is 2.45. The van der Waals surface area contributed by atoms with E-state index in [9.17, 15) is 4.39 Å². The second kappa shape index (κ2) is 4.22. The zero-order valence-electron chi connectivity index (χ0n) is 8.57. The van der Waals surface area contributed by atoms with Crippen molar-refractivity contribution in [2.75, 3.05) is 0 Å². The number of rotatable bonds is 2. The van der Waals surface area contributed by atoms with Crippen LogP contribution in [0.4, 0.5) is 4.39 Å². The molecule has 0 aliphatic heterocycles. The van der Waals surface area contributed by atoms with E-state index in [2.05, 4.69) is 11.9 Å². The van der Waals surface area contributed by atoms with E-state index < -0.39 is 0 Å². The van der Waals surface area contributed by atoms with Crippen LogP contribution >= 0.6 is 0 Å². The van der Waals surface area contributed by atoms with Gasteiger partial charge in [0.15, 0.2) is 0 Å². The summed E-state index contributed by atoms with van der Waals surface area (Å²) < 4.78 is 12.8. The van der Waals surface area contributed by atoms with Gasteiger partial charge in [-0.05, 0) is 35.7 Å². The van der Waals surface area contributed by atoms with Crippen LogP contribution in [0.2, 0.25) is 0 Å². The van der Waals surface area contributed by atoms with Crippen molar-refractivity contribution in [2.45, 2.75) is 13.3 Å². The molecule has 1 nitrogen and oxygen atoms in total. The fraction of sp³-hybridized carbons (Fsp3) is 0.154. The molecular weight excluding hydrogens is 189 g/mol. The Hall–Kier alpha value is -1.70. The Balaban J connectivity index is 2.49. The molecule has 1 aromatic carbocycles. The van der Waals surface area contributed by atoms with Gasteiger partial charge in [-0.15, -0.1) is 0 Å². The predicted molar refractivity (Wildman–Crippen MR) is 59.0 cm³/mol. The van der Waals surface area contributed by atoms with Gasteiger partial charge in [-0.3, -0.25) is 4.98 Å². The molecule has 1 heterocycles. The summed E-state index contributed by atoms with van der Waals surface area (Å²) >= 11 is 0. The molecule has 0 bridgehead atoms. The van der Waals surface area contributed by atoms with E-state index in [1.165, 1.54) is 17.7 Å². The molecule has 0 fully saturated rings. The van der Waals surface area contributed by atoms with Crippen LogP contribution in [0.25, 0.3) is 11.1 Å². The van der Waals surface area contributed by atoms with Crippen molar-refractivity contribution in [3.8, 4) is 11.1 Å². The van der Waals surface area contributed by atoms with Crippen molar-refractivity contribution >= 4 is 0 Å². The molecule has 0 aliphatic carbocycles. The van der Waals surface area contributed by atoms with Crippen LogP contribution < -0.4 is 0 Å². The summed E-state index contributed by atoms with van der Waals surface area (Å²) in [5, 5.41) is 0. The topological polar surface area (TPSA) is 12.9 Å². The van der Waals surface area contributed by atoms with Crippen LogP contribution in [-0.4, -0.2) is 4.98 Å². The third-order valence-corrected chi connectivity index (χ3v) is 2.45. The zero-order valence-corrected chi connectivity index (χ0v) is 8.57. The van der Waals surface area contributed by atoms with Gasteiger partial charge in [0, 0.05) is 18.0 Å². The second-order valence-electron chi connectivity index (χ2n) is 3.39. The highest BCUT2D eigenvalue weighted by Gasteiger charge is 2.03. The maximum absolute atomic E-state index is 12.8. The maximum atomic E-state index is 12.8. The summed E-state index contributed by atoms with van der Waals surface area (Å²) in [6.45, 7) is 2.10. The van der Waals surface area contributed by atoms with Crippen molar-refractivity contribution in [1.29, 1.82) is 0 Å². The lowest BCUT2D eigenvalue weighted by atomic mass is 10.0. The minimum atomic E-state index is -0.208. The first-order valence-corrected chi connectivity index (χ1v) is 5.00. The van der Waals surface area contributed by atoms with Crippen LogP contribution in [0, 0.1) is 5.82 Å². The molecule has 0 N–H and O–H groups in total. The lowest BCUT2D eigenvalue weighted by Crippen LogP contribution is -1.88. The van der Waals surface area contributed by atoms with E-state index >= 15 is 0 Å². The predicted octanol–water partition coefficient (Wildman–Crippen LogP) is 3.45. The van der Waals surface area contributed by atoms with Crippen LogP contribution in [0.15, 0.2) is 42.7 Å². The standard InChI is InChI=1S/C13H12FN/c1-2-10-7-8-15-9-13(10)11-3-5-12(14)6-4-11/h3-9H,2H2,1H3. The zero-order chi connectivity index (χ0) is 10.7. The minimum absolute atomic E-state index is 0.208. The fourth-order valence-electron chi connectivity index (χ4n) is 1.62.